The quantitative estimate of drug-likeness (QED) is 0.697. The average Bonchev–Trinajstić information content (AvgIpc) is 2.58. The van der Waals surface area contributed by atoms with Crippen molar-refractivity contribution in [2.75, 3.05) is 0 Å². The molecule has 4 heteroatoms. The van der Waals surface area contributed by atoms with Crippen molar-refractivity contribution in [3.05, 3.63) is 31.7 Å². The highest BCUT2D eigenvalue weighted by Crippen LogP contribution is 2.37. The van der Waals surface area contributed by atoms with Crippen LogP contribution in [0.5, 0.6) is 0 Å². The van der Waals surface area contributed by atoms with Gasteiger partial charge in [0.25, 0.3) is 0 Å². The fraction of sp³-hybridized carbons (Fsp3) is 0. The standard InChI is InChI=1S/C8H4BrClS2/c9-6-4-11-3-5(6)7-1-2-8(10)12-7/h1-4H. The Morgan fingerprint density at radius 1 is 1.25 bits per heavy atom. The van der Waals surface area contributed by atoms with E-state index in [4.69, 9.17) is 11.6 Å². The first-order valence-electron chi connectivity index (χ1n) is 3.25. The molecule has 0 N–H and O–H groups in total. The second kappa shape index (κ2) is 3.50. The van der Waals surface area contributed by atoms with Crippen LogP contribution in [0.3, 0.4) is 0 Å². The van der Waals surface area contributed by atoms with E-state index in [0.29, 0.717) is 0 Å². The van der Waals surface area contributed by atoms with Crippen LogP contribution >= 0.6 is 50.2 Å². The van der Waals surface area contributed by atoms with Gasteiger partial charge in [0.15, 0.2) is 0 Å². The van der Waals surface area contributed by atoms with Crippen molar-refractivity contribution in [1.82, 2.24) is 0 Å². The third kappa shape index (κ3) is 1.59. The Kier molecular flexibility index (Phi) is 2.55. The molecule has 0 aliphatic heterocycles. The topological polar surface area (TPSA) is 0 Å². The van der Waals surface area contributed by atoms with Crippen LogP contribution in [-0.4, -0.2) is 0 Å². The lowest BCUT2D eigenvalue weighted by Crippen LogP contribution is -1.63. The number of hydrogen-bond acceptors (Lipinski definition) is 2. The summed E-state index contributed by atoms with van der Waals surface area (Å²) >= 11 is 12.6. The third-order valence-electron chi connectivity index (χ3n) is 1.45. The Balaban J connectivity index is 2.50. The second-order valence-electron chi connectivity index (χ2n) is 2.24. The van der Waals surface area contributed by atoms with Crippen LogP contribution in [0.15, 0.2) is 27.4 Å². The van der Waals surface area contributed by atoms with Crippen LogP contribution in [0.4, 0.5) is 0 Å². The lowest BCUT2D eigenvalue weighted by Gasteiger charge is -1.90. The summed E-state index contributed by atoms with van der Waals surface area (Å²) in [7, 11) is 0. The summed E-state index contributed by atoms with van der Waals surface area (Å²) in [5, 5.41) is 4.19. The molecule has 0 saturated carbocycles. The van der Waals surface area contributed by atoms with Gasteiger partial charge in [-0.1, -0.05) is 11.6 Å². The van der Waals surface area contributed by atoms with Gasteiger partial charge in [0, 0.05) is 25.7 Å². The van der Waals surface area contributed by atoms with Crippen LogP contribution in [0, 0.1) is 0 Å². The highest BCUT2D eigenvalue weighted by Gasteiger charge is 2.05. The Morgan fingerprint density at radius 2 is 2.08 bits per heavy atom. The monoisotopic (exact) mass is 278 g/mol. The molecular weight excluding hydrogens is 276 g/mol. The number of halogens is 2. The summed E-state index contributed by atoms with van der Waals surface area (Å²) < 4.78 is 1.98. The minimum absolute atomic E-state index is 0.836. The van der Waals surface area contributed by atoms with Crippen molar-refractivity contribution in [1.29, 1.82) is 0 Å². The molecule has 2 heterocycles. The molecule has 0 fully saturated rings. The molecule has 0 saturated heterocycles. The van der Waals surface area contributed by atoms with Crippen LogP contribution in [0.25, 0.3) is 10.4 Å². The van der Waals surface area contributed by atoms with Crippen molar-refractivity contribution in [3.8, 4) is 10.4 Å². The predicted octanol–water partition coefficient (Wildman–Crippen LogP) is 4.89. The first kappa shape index (κ1) is 8.75. The largest absolute Gasteiger partial charge is 0.151 e. The summed E-state index contributed by atoms with van der Waals surface area (Å²) in [6.07, 6.45) is 0. The average molecular weight is 280 g/mol. The van der Waals surface area contributed by atoms with Gasteiger partial charge in [-0.15, -0.1) is 11.3 Å². The van der Waals surface area contributed by atoms with Gasteiger partial charge in [-0.05, 0) is 28.1 Å². The van der Waals surface area contributed by atoms with E-state index >= 15 is 0 Å². The molecule has 12 heavy (non-hydrogen) atoms. The third-order valence-corrected chi connectivity index (χ3v) is 4.42. The lowest BCUT2D eigenvalue weighted by molar-refractivity contribution is 1.83. The van der Waals surface area contributed by atoms with Crippen molar-refractivity contribution in [3.63, 3.8) is 0 Å². The normalized spacial score (nSPS) is 10.5. The van der Waals surface area contributed by atoms with Crippen molar-refractivity contribution < 1.29 is 0 Å². The summed E-state index contributed by atoms with van der Waals surface area (Å²) in [5.74, 6) is 0. The van der Waals surface area contributed by atoms with E-state index in [1.165, 1.54) is 10.4 Å². The van der Waals surface area contributed by atoms with Gasteiger partial charge >= 0.3 is 0 Å². The predicted molar refractivity (Wildman–Crippen MR) is 60.3 cm³/mol. The zero-order valence-electron chi connectivity index (χ0n) is 5.88. The molecule has 62 valence electrons. The maximum Gasteiger partial charge on any atom is 0.0934 e. The SMILES string of the molecule is Clc1ccc(-c2cscc2Br)s1. The van der Waals surface area contributed by atoms with Crippen LogP contribution in [-0.2, 0) is 0 Å². The van der Waals surface area contributed by atoms with E-state index in [1.807, 2.05) is 12.1 Å². The van der Waals surface area contributed by atoms with E-state index in [0.717, 1.165) is 8.81 Å². The molecule has 2 aromatic heterocycles. The summed E-state index contributed by atoms with van der Waals surface area (Å²) in [5.41, 5.74) is 1.23. The molecule has 0 unspecified atom stereocenters. The maximum atomic E-state index is 5.84. The van der Waals surface area contributed by atoms with Gasteiger partial charge in [-0.2, -0.15) is 11.3 Å². The minimum Gasteiger partial charge on any atom is -0.151 e. The van der Waals surface area contributed by atoms with E-state index in [9.17, 15) is 0 Å². The summed E-state index contributed by atoms with van der Waals surface area (Å²) in [6.45, 7) is 0. The first-order valence-corrected chi connectivity index (χ1v) is 6.18. The molecule has 0 aliphatic rings. The Bertz CT molecular complexity index is 391. The van der Waals surface area contributed by atoms with Crippen LogP contribution < -0.4 is 0 Å². The van der Waals surface area contributed by atoms with E-state index < -0.39 is 0 Å². The first-order chi connectivity index (χ1) is 5.77. The number of thiophene rings is 2. The fourth-order valence-corrected chi connectivity index (χ4v) is 3.70. The molecule has 2 aromatic rings. The maximum absolute atomic E-state index is 5.84. The second-order valence-corrected chi connectivity index (χ2v) is 5.55. The Morgan fingerprint density at radius 3 is 2.58 bits per heavy atom. The van der Waals surface area contributed by atoms with Crippen molar-refractivity contribution in [2.24, 2.45) is 0 Å². The highest BCUT2D eigenvalue weighted by atomic mass is 79.9. The molecule has 0 spiro atoms. The zero-order chi connectivity index (χ0) is 8.55. The molecule has 0 aromatic carbocycles. The molecule has 2 rings (SSSR count). The molecule has 0 radical (unpaired) electrons. The molecule has 0 bridgehead atoms. The number of hydrogen-bond donors (Lipinski definition) is 0. The van der Waals surface area contributed by atoms with Gasteiger partial charge in [-0.25, -0.2) is 0 Å². The van der Waals surface area contributed by atoms with E-state index in [-0.39, 0.29) is 0 Å². The van der Waals surface area contributed by atoms with E-state index in [2.05, 4.69) is 26.7 Å². The van der Waals surface area contributed by atoms with Crippen molar-refractivity contribution >= 4 is 50.2 Å². The smallest absolute Gasteiger partial charge is 0.0934 e. The molecular formula is C8H4BrClS2. The van der Waals surface area contributed by atoms with Gasteiger partial charge in [-0.3, -0.25) is 0 Å². The van der Waals surface area contributed by atoms with Crippen LogP contribution in [0.2, 0.25) is 4.34 Å². The minimum atomic E-state index is 0.836. The lowest BCUT2D eigenvalue weighted by atomic mass is 10.3. The van der Waals surface area contributed by atoms with E-state index in [1.54, 1.807) is 22.7 Å². The number of rotatable bonds is 1. The Hall–Kier alpha value is 0.170. The Labute approximate surface area is 91.9 Å². The molecule has 0 amide bonds. The molecule has 0 nitrogen and oxygen atoms in total. The van der Waals surface area contributed by atoms with Gasteiger partial charge < -0.3 is 0 Å². The zero-order valence-corrected chi connectivity index (χ0v) is 9.86. The summed E-state index contributed by atoms with van der Waals surface area (Å²) in [6, 6.07) is 3.96. The van der Waals surface area contributed by atoms with Crippen molar-refractivity contribution in [2.45, 2.75) is 0 Å². The van der Waals surface area contributed by atoms with Gasteiger partial charge in [0.1, 0.15) is 0 Å². The van der Waals surface area contributed by atoms with Gasteiger partial charge in [0.2, 0.25) is 0 Å². The fourth-order valence-electron chi connectivity index (χ4n) is 0.916. The van der Waals surface area contributed by atoms with Gasteiger partial charge in [0.05, 0.1) is 4.34 Å². The molecule has 0 aliphatic carbocycles. The highest BCUT2D eigenvalue weighted by molar-refractivity contribution is 9.10. The summed E-state index contributed by atoms with van der Waals surface area (Å²) in [4.78, 5) is 1.22. The van der Waals surface area contributed by atoms with Crippen LogP contribution in [0.1, 0.15) is 0 Å². The molecule has 0 atom stereocenters.